The van der Waals surface area contributed by atoms with Crippen LogP contribution in [0.25, 0.3) is 0 Å². The number of ether oxygens (including phenoxy) is 1. The zero-order chi connectivity index (χ0) is 22.0. The standard InChI is InChI=1S/C23H24N2O5/c1-5-14(3)25-21(27)17-10-9-16(11-18(17)22(25)28)23(29)30-12-20(26)24-19-8-6-7-13(2)15(19)4/h6-11,14H,5,12H2,1-4H3,(H,24,26). The molecule has 1 N–H and O–H groups in total. The summed E-state index contributed by atoms with van der Waals surface area (Å²) in [4.78, 5) is 50.8. The lowest BCUT2D eigenvalue weighted by atomic mass is 10.1. The van der Waals surface area contributed by atoms with Gasteiger partial charge in [-0.25, -0.2) is 4.79 Å². The number of imide groups is 1. The van der Waals surface area contributed by atoms with Crippen LogP contribution in [0.2, 0.25) is 0 Å². The number of rotatable bonds is 6. The molecule has 0 fully saturated rings. The normalized spacial score (nSPS) is 13.8. The average Bonchev–Trinajstić information content (AvgIpc) is 2.99. The van der Waals surface area contributed by atoms with Crippen LogP contribution in [0.15, 0.2) is 36.4 Å². The molecule has 0 aliphatic carbocycles. The summed E-state index contributed by atoms with van der Waals surface area (Å²) in [6, 6.07) is 9.53. The van der Waals surface area contributed by atoms with Crippen LogP contribution in [0.1, 0.15) is 62.5 Å². The van der Waals surface area contributed by atoms with E-state index in [-0.39, 0.29) is 28.6 Å². The molecule has 2 aromatic carbocycles. The van der Waals surface area contributed by atoms with Gasteiger partial charge >= 0.3 is 5.97 Å². The number of amides is 3. The number of hydrogen-bond acceptors (Lipinski definition) is 5. The van der Waals surface area contributed by atoms with Gasteiger partial charge in [-0.1, -0.05) is 19.1 Å². The highest BCUT2D eigenvalue weighted by atomic mass is 16.5. The van der Waals surface area contributed by atoms with Crippen molar-refractivity contribution >= 4 is 29.4 Å². The van der Waals surface area contributed by atoms with Crippen LogP contribution < -0.4 is 5.32 Å². The van der Waals surface area contributed by atoms with Crippen molar-refractivity contribution in [1.29, 1.82) is 0 Å². The van der Waals surface area contributed by atoms with Gasteiger partial charge in [0.1, 0.15) is 0 Å². The van der Waals surface area contributed by atoms with Gasteiger partial charge in [0.05, 0.1) is 16.7 Å². The Kier molecular flexibility index (Phi) is 6.01. The van der Waals surface area contributed by atoms with E-state index in [1.807, 2.05) is 32.9 Å². The summed E-state index contributed by atoms with van der Waals surface area (Å²) >= 11 is 0. The van der Waals surface area contributed by atoms with Crippen molar-refractivity contribution in [2.24, 2.45) is 0 Å². The highest BCUT2D eigenvalue weighted by Crippen LogP contribution is 2.27. The van der Waals surface area contributed by atoms with Crippen LogP contribution in [0.5, 0.6) is 0 Å². The number of carbonyl (C=O) groups excluding carboxylic acids is 4. The van der Waals surface area contributed by atoms with E-state index in [2.05, 4.69) is 5.32 Å². The number of esters is 1. The van der Waals surface area contributed by atoms with Gasteiger partial charge in [0.2, 0.25) is 0 Å². The van der Waals surface area contributed by atoms with Crippen molar-refractivity contribution in [2.45, 2.75) is 40.2 Å². The summed E-state index contributed by atoms with van der Waals surface area (Å²) in [5.41, 5.74) is 3.18. The molecule has 1 aliphatic heterocycles. The van der Waals surface area contributed by atoms with Crippen molar-refractivity contribution in [3.63, 3.8) is 0 Å². The van der Waals surface area contributed by atoms with E-state index in [1.165, 1.54) is 23.1 Å². The molecule has 2 aromatic rings. The molecular formula is C23H24N2O5. The van der Waals surface area contributed by atoms with Gasteiger partial charge in [-0.05, 0) is 62.6 Å². The van der Waals surface area contributed by atoms with Gasteiger partial charge in [0.15, 0.2) is 6.61 Å². The van der Waals surface area contributed by atoms with Gasteiger partial charge in [-0.3, -0.25) is 19.3 Å². The van der Waals surface area contributed by atoms with Crippen molar-refractivity contribution in [2.75, 3.05) is 11.9 Å². The van der Waals surface area contributed by atoms with Gasteiger partial charge in [-0.2, -0.15) is 0 Å². The van der Waals surface area contributed by atoms with E-state index < -0.39 is 24.4 Å². The van der Waals surface area contributed by atoms with Crippen molar-refractivity contribution < 1.29 is 23.9 Å². The Morgan fingerprint density at radius 2 is 1.77 bits per heavy atom. The number of nitrogens with zero attached hydrogens (tertiary/aromatic N) is 1. The predicted octanol–water partition coefficient (Wildman–Crippen LogP) is 3.49. The fourth-order valence-electron chi connectivity index (χ4n) is 3.26. The third kappa shape index (κ3) is 3.96. The molecule has 156 valence electrons. The SMILES string of the molecule is CCC(C)N1C(=O)c2ccc(C(=O)OCC(=O)Nc3cccc(C)c3C)cc2C1=O. The number of benzene rings is 2. The number of hydrogen-bond donors (Lipinski definition) is 1. The quantitative estimate of drug-likeness (QED) is 0.583. The minimum Gasteiger partial charge on any atom is -0.452 e. The first-order valence-corrected chi connectivity index (χ1v) is 9.79. The maximum Gasteiger partial charge on any atom is 0.338 e. The van der Waals surface area contributed by atoms with Crippen LogP contribution in [-0.2, 0) is 9.53 Å². The van der Waals surface area contributed by atoms with E-state index in [1.54, 1.807) is 13.0 Å². The highest BCUT2D eigenvalue weighted by Gasteiger charge is 2.38. The lowest BCUT2D eigenvalue weighted by Gasteiger charge is -2.20. The second-order valence-electron chi connectivity index (χ2n) is 7.37. The summed E-state index contributed by atoms with van der Waals surface area (Å²) in [5.74, 6) is -1.99. The Morgan fingerprint density at radius 1 is 1.07 bits per heavy atom. The average molecular weight is 408 g/mol. The Labute approximate surface area is 175 Å². The maximum absolute atomic E-state index is 12.6. The van der Waals surface area contributed by atoms with E-state index in [0.29, 0.717) is 12.1 Å². The van der Waals surface area contributed by atoms with Gasteiger partial charge in [0, 0.05) is 11.7 Å². The minimum absolute atomic E-state index is 0.112. The Balaban J connectivity index is 1.67. The number of nitrogens with one attached hydrogen (secondary N) is 1. The van der Waals surface area contributed by atoms with Crippen LogP contribution >= 0.6 is 0 Å². The molecule has 0 bridgehead atoms. The second-order valence-corrected chi connectivity index (χ2v) is 7.37. The molecule has 3 rings (SSSR count). The zero-order valence-electron chi connectivity index (χ0n) is 17.4. The second kappa shape index (κ2) is 8.49. The third-order valence-corrected chi connectivity index (χ3v) is 5.40. The summed E-state index contributed by atoms with van der Waals surface area (Å²) in [6.07, 6.45) is 0.635. The molecule has 30 heavy (non-hydrogen) atoms. The molecule has 1 heterocycles. The fourth-order valence-corrected chi connectivity index (χ4v) is 3.26. The fraction of sp³-hybridized carbons (Fsp3) is 0.304. The summed E-state index contributed by atoms with van der Waals surface area (Å²) in [6.45, 7) is 7.05. The molecule has 7 heteroatoms. The van der Waals surface area contributed by atoms with Crippen molar-refractivity contribution in [1.82, 2.24) is 4.90 Å². The first kappa shape index (κ1) is 21.2. The monoisotopic (exact) mass is 408 g/mol. The highest BCUT2D eigenvalue weighted by molar-refractivity contribution is 6.22. The topological polar surface area (TPSA) is 92.8 Å². The number of carbonyl (C=O) groups is 4. The summed E-state index contributed by atoms with van der Waals surface area (Å²) in [7, 11) is 0. The third-order valence-electron chi connectivity index (χ3n) is 5.40. The van der Waals surface area contributed by atoms with Crippen LogP contribution in [0.3, 0.4) is 0 Å². The number of aryl methyl sites for hydroxylation is 1. The minimum atomic E-state index is -0.740. The summed E-state index contributed by atoms with van der Waals surface area (Å²) < 4.78 is 5.09. The van der Waals surface area contributed by atoms with Crippen molar-refractivity contribution in [3.05, 3.63) is 64.2 Å². The molecule has 0 aromatic heterocycles. The molecule has 1 aliphatic rings. The van der Waals surface area contributed by atoms with E-state index >= 15 is 0 Å². The van der Waals surface area contributed by atoms with Gasteiger partial charge in [0.25, 0.3) is 17.7 Å². The molecule has 0 saturated heterocycles. The summed E-state index contributed by atoms with van der Waals surface area (Å²) in [5, 5.41) is 2.72. The number of anilines is 1. The van der Waals surface area contributed by atoms with Gasteiger partial charge in [-0.15, -0.1) is 0 Å². The van der Waals surface area contributed by atoms with Crippen LogP contribution in [0.4, 0.5) is 5.69 Å². The van der Waals surface area contributed by atoms with Crippen LogP contribution in [0, 0.1) is 13.8 Å². The first-order valence-electron chi connectivity index (χ1n) is 9.79. The Hall–Kier alpha value is -3.48. The van der Waals surface area contributed by atoms with Crippen molar-refractivity contribution in [3.8, 4) is 0 Å². The van der Waals surface area contributed by atoms with Gasteiger partial charge < -0.3 is 10.1 Å². The molecule has 1 unspecified atom stereocenters. The predicted molar refractivity (Wildman–Crippen MR) is 112 cm³/mol. The molecule has 0 saturated carbocycles. The molecule has 0 spiro atoms. The first-order chi connectivity index (χ1) is 14.2. The largest absolute Gasteiger partial charge is 0.452 e. The van der Waals surface area contributed by atoms with E-state index in [4.69, 9.17) is 4.74 Å². The Morgan fingerprint density at radius 3 is 2.47 bits per heavy atom. The molecule has 0 radical (unpaired) electrons. The van der Waals surface area contributed by atoms with E-state index in [9.17, 15) is 19.2 Å². The maximum atomic E-state index is 12.6. The lowest BCUT2D eigenvalue weighted by molar-refractivity contribution is -0.119. The smallest absolute Gasteiger partial charge is 0.338 e. The van der Waals surface area contributed by atoms with E-state index in [0.717, 1.165) is 11.1 Å². The lowest BCUT2D eigenvalue weighted by Crippen LogP contribution is -2.37. The molecule has 7 nitrogen and oxygen atoms in total. The molecule has 1 atom stereocenters. The number of fused-ring (bicyclic) bond motifs is 1. The Bertz CT molecular complexity index is 1040. The molecular weight excluding hydrogens is 384 g/mol. The van der Waals surface area contributed by atoms with Crippen LogP contribution in [-0.4, -0.2) is 41.2 Å². The molecule has 3 amide bonds. The zero-order valence-corrected chi connectivity index (χ0v) is 17.4.